The number of aromatic nitrogens is 2. The predicted octanol–water partition coefficient (Wildman–Crippen LogP) is 3.38. The van der Waals surface area contributed by atoms with Gasteiger partial charge < -0.3 is 4.98 Å². The topological polar surface area (TPSA) is 70.1 Å². The summed E-state index contributed by atoms with van der Waals surface area (Å²) in [5.74, 6) is -0.259. The Bertz CT molecular complexity index is 878. The maximum atomic E-state index is 12.1. The van der Waals surface area contributed by atoms with Crippen LogP contribution >= 0.6 is 0 Å². The molecule has 5 nitrogen and oxygen atoms in total. The quantitative estimate of drug-likeness (QED) is 0.573. The summed E-state index contributed by atoms with van der Waals surface area (Å²) >= 11 is 0. The van der Waals surface area contributed by atoms with E-state index in [2.05, 4.69) is 20.5 Å². The molecular formula is C18H16N4O. The largest absolute Gasteiger partial charge is 0.345 e. The van der Waals surface area contributed by atoms with E-state index in [0.717, 1.165) is 22.2 Å². The molecule has 0 bridgehead atoms. The summed E-state index contributed by atoms with van der Waals surface area (Å²) in [6.07, 6.45) is 5.22. The molecule has 2 N–H and O–H groups in total. The van der Waals surface area contributed by atoms with Gasteiger partial charge in [-0.1, -0.05) is 36.4 Å². The molecule has 0 saturated carbocycles. The van der Waals surface area contributed by atoms with E-state index >= 15 is 0 Å². The lowest BCUT2D eigenvalue weighted by atomic mass is 10.1. The molecule has 0 unspecified atom stereocenters. The molecule has 1 aromatic heterocycles. The van der Waals surface area contributed by atoms with Crippen molar-refractivity contribution in [3.63, 3.8) is 0 Å². The number of hydrogen-bond acceptors (Lipinski definition) is 3. The van der Waals surface area contributed by atoms with Gasteiger partial charge in [-0.05, 0) is 36.3 Å². The Morgan fingerprint density at radius 2 is 2.04 bits per heavy atom. The molecule has 0 atom stereocenters. The number of fused-ring (bicyclic) bond motifs is 1. The minimum Gasteiger partial charge on any atom is -0.345 e. The highest BCUT2D eigenvalue weighted by atomic mass is 16.2. The number of hydrogen-bond donors (Lipinski definition) is 2. The van der Waals surface area contributed by atoms with Crippen molar-refractivity contribution >= 4 is 29.2 Å². The zero-order valence-electron chi connectivity index (χ0n) is 12.7. The molecule has 2 aromatic carbocycles. The molecule has 23 heavy (non-hydrogen) atoms. The minimum absolute atomic E-state index is 0.259. The van der Waals surface area contributed by atoms with Crippen molar-refractivity contribution in [3.05, 3.63) is 71.6 Å². The Kier molecular flexibility index (Phi) is 4.29. The number of carbonyl (C=O) groups excluding carboxylic acids is 1. The summed E-state index contributed by atoms with van der Waals surface area (Å²) < 4.78 is 0. The number of aromatic amines is 1. The SMILES string of the molecule is CC(C=NNC(=O)c1ccc2nc[nH]c2c1)=Cc1ccccc1. The number of H-pyrrole nitrogens is 1. The second-order valence-corrected chi connectivity index (χ2v) is 5.13. The summed E-state index contributed by atoms with van der Waals surface area (Å²) in [6, 6.07) is 15.2. The molecule has 3 aromatic rings. The molecule has 0 aliphatic rings. The second-order valence-electron chi connectivity index (χ2n) is 5.13. The Balaban J connectivity index is 1.65. The first-order chi connectivity index (χ1) is 11.2. The smallest absolute Gasteiger partial charge is 0.271 e. The second kappa shape index (κ2) is 6.70. The fourth-order valence-electron chi connectivity index (χ4n) is 2.18. The molecule has 5 heteroatoms. The number of benzene rings is 2. The monoisotopic (exact) mass is 304 g/mol. The van der Waals surface area contributed by atoms with Gasteiger partial charge in [0.1, 0.15) is 0 Å². The van der Waals surface area contributed by atoms with Crippen LogP contribution in [0.25, 0.3) is 17.1 Å². The zero-order valence-corrected chi connectivity index (χ0v) is 12.7. The van der Waals surface area contributed by atoms with Crippen molar-refractivity contribution in [1.82, 2.24) is 15.4 Å². The van der Waals surface area contributed by atoms with Crippen LogP contribution in [-0.4, -0.2) is 22.1 Å². The van der Waals surface area contributed by atoms with Crippen LogP contribution in [0.1, 0.15) is 22.8 Å². The summed E-state index contributed by atoms with van der Waals surface area (Å²) in [6.45, 7) is 1.93. The Morgan fingerprint density at radius 3 is 2.87 bits per heavy atom. The highest BCUT2D eigenvalue weighted by Crippen LogP contribution is 2.11. The molecule has 1 heterocycles. The average Bonchev–Trinajstić information content (AvgIpc) is 3.03. The van der Waals surface area contributed by atoms with Crippen molar-refractivity contribution in [2.24, 2.45) is 5.10 Å². The first-order valence-corrected chi connectivity index (χ1v) is 7.22. The van der Waals surface area contributed by atoms with Crippen molar-refractivity contribution in [3.8, 4) is 0 Å². The van der Waals surface area contributed by atoms with Gasteiger partial charge in [0.25, 0.3) is 5.91 Å². The lowest BCUT2D eigenvalue weighted by Crippen LogP contribution is -2.17. The fourth-order valence-corrected chi connectivity index (χ4v) is 2.18. The van der Waals surface area contributed by atoms with Gasteiger partial charge in [0.05, 0.1) is 23.6 Å². The van der Waals surface area contributed by atoms with Crippen molar-refractivity contribution in [2.75, 3.05) is 0 Å². The lowest BCUT2D eigenvalue weighted by Gasteiger charge is -2.00. The summed E-state index contributed by atoms with van der Waals surface area (Å²) in [7, 11) is 0. The number of imidazole rings is 1. The summed E-state index contributed by atoms with van der Waals surface area (Å²) in [4.78, 5) is 19.2. The number of hydrazone groups is 1. The van der Waals surface area contributed by atoms with Crippen LogP contribution in [0.4, 0.5) is 0 Å². The van der Waals surface area contributed by atoms with E-state index in [1.54, 1.807) is 30.7 Å². The highest BCUT2D eigenvalue weighted by molar-refractivity contribution is 5.97. The predicted molar refractivity (Wildman–Crippen MR) is 92.1 cm³/mol. The minimum atomic E-state index is -0.259. The lowest BCUT2D eigenvalue weighted by molar-refractivity contribution is 0.0955. The van der Waals surface area contributed by atoms with Crippen LogP contribution in [0.15, 0.2) is 65.5 Å². The normalized spacial score (nSPS) is 12.0. The molecule has 3 rings (SSSR count). The molecule has 114 valence electrons. The summed E-state index contributed by atoms with van der Waals surface area (Å²) in [5, 5.41) is 3.99. The first kappa shape index (κ1) is 14.7. The fraction of sp³-hybridized carbons (Fsp3) is 0.0556. The number of amides is 1. The van der Waals surface area contributed by atoms with E-state index in [1.807, 2.05) is 43.3 Å². The van der Waals surface area contributed by atoms with Gasteiger partial charge in [0, 0.05) is 5.56 Å². The molecular weight excluding hydrogens is 288 g/mol. The molecule has 0 radical (unpaired) electrons. The van der Waals surface area contributed by atoms with Gasteiger partial charge in [-0.25, -0.2) is 10.4 Å². The third-order valence-electron chi connectivity index (χ3n) is 3.31. The van der Waals surface area contributed by atoms with E-state index < -0.39 is 0 Å². The maximum absolute atomic E-state index is 12.1. The molecule has 0 spiro atoms. The molecule has 1 amide bonds. The van der Waals surface area contributed by atoms with Crippen molar-refractivity contribution in [1.29, 1.82) is 0 Å². The van der Waals surface area contributed by atoms with Gasteiger partial charge in [0.2, 0.25) is 0 Å². The van der Waals surface area contributed by atoms with Gasteiger partial charge in [0.15, 0.2) is 0 Å². The number of nitrogens with zero attached hydrogens (tertiary/aromatic N) is 2. The van der Waals surface area contributed by atoms with Crippen LogP contribution in [0, 0.1) is 0 Å². The molecule has 0 aliphatic carbocycles. The average molecular weight is 304 g/mol. The number of rotatable bonds is 4. The first-order valence-electron chi connectivity index (χ1n) is 7.22. The Labute approximate surface area is 133 Å². The van der Waals surface area contributed by atoms with Crippen LogP contribution in [0.2, 0.25) is 0 Å². The number of allylic oxidation sites excluding steroid dienone is 1. The molecule has 0 aliphatic heterocycles. The summed E-state index contributed by atoms with van der Waals surface area (Å²) in [5.41, 5.74) is 6.74. The van der Waals surface area contributed by atoms with Crippen LogP contribution in [0.5, 0.6) is 0 Å². The standard InChI is InChI=1S/C18H16N4O/c1-13(9-14-5-3-2-4-6-14)11-21-22-18(23)15-7-8-16-17(10-15)20-12-19-16/h2-12H,1H3,(H,19,20)(H,22,23). The van der Waals surface area contributed by atoms with Crippen LogP contribution in [-0.2, 0) is 0 Å². The van der Waals surface area contributed by atoms with E-state index in [-0.39, 0.29) is 5.91 Å². The molecule has 0 fully saturated rings. The van der Waals surface area contributed by atoms with Gasteiger partial charge >= 0.3 is 0 Å². The number of nitrogens with one attached hydrogen (secondary N) is 2. The molecule has 0 saturated heterocycles. The van der Waals surface area contributed by atoms with Crippen molar-refractivity contribution < 1.29 is 4.79 Å². The van der Waals surface area contributed by atoms with Gasteiger partial charge in [-0.15, -0.1) is 0 Å². The van der Waals surface area contributed by atoms with Crippen molar-refractivity contribution in [2.45, 2.75) is 6.92 Å². The third-order valence-corrected chi connectivity index (χ3v) is 3.31. The van der Waals surface area contributed by atoms with E-state index in [4.69, 9.17) is 0 Å². The van der Waals surface area contributed by atoms with Crippen LogP contribution < -0.4 is 5.43 Å². The van der Waals surface area contributed by atoms with E-state index in [0.29, 0.717) is 5.56 Å². The zero-order chi connectivity index (χ0) is 16.1. The van der Waals surface area contributed by atoms with E-state index in [1.165, 1.54) is 0 Å². The number of carbonyl (C=O) groups is 1. The Morgan fingerprint density at radius 1 is 1.22 bits per heavy atom. The maximum Gasteiger partial charge on any atom is 0.271 e. The highest BCUT2D eigenvalue weighted by Gasteiger charge is 2.05. The Hall–Kier alpha value is -3.21. The van der Waals surface area contributed by atoms with E-state index in [9.17, 15) is 4.79 Å². The van der Waals surface area contributed by atoms with Gasteiger partial charge in [-0.3, -0.25) is 4.79 Å². The third kappa shape index (κ3) is 3.71. The van der Waals surface area contributed by atoms with Crippen LogP contribution in [0.3, 0.4) is 0 Å². The van der Waals surface area contributed by atoms with Gasteiger partial charge in [-0.2, -0.15) is 5.10 Å².